The quantitative estimate of drug-likeness (QED) is 0.121. The first kappa shape index (κ1) is 49.5. The molecule has 0 aliphatic heterocycles. The van der Waals surface area contributed by atoms with E-state index in [1.807, 2.05) is 6.20 Å². The summed E-state index contributed by atoms with van der Waals surface area (Å²) in [5, 5.41) is 4.64. The second kappa shape index (κ2) is 20.2. The van der Waals surface area contributed by atoms with Crippen LogP contribution in [0.15, 0.2) is 158 Å². The van der Waals surface area contributed by atoms with Gasteiger partial charge in [0.25, 0.3) is 0 Å². The van der Waals surface area contributed by atoms with Crippen LogP contribution in [0.5, 0.6) is 0 Å². The summed E-state index contributed by atoms with van der Waals surface area (Å²) in [6, 6.07) is 66.2. The summed E-state index contributed by atoms with van der Waals surface area (Å²) >= 11 is 0. The Balaban J connectivity index is 0.00000602. The summed E-state index contributed by atoms with van der Waals surface area (Å²) in [4.78, 5) is 14.8. The van der Waals surface area contributed by atoms with E-state index in [1.165, 1.54) is 94.7 Å². The topological polar surface area (TPSA) is 47.5 Å². The molecule has 0 saturated heterocycles. The van der Waals surface area contributed by atoms with Crippen molar-refractivity contribution in [2.75, 3.05) is 0 Å². The van der Waals surface area contributed by atoms with E-state index in [0.29, 0.717) is 0 Å². The first-order chi connectivity index (χ1) is 36.0. The van der Waals surface area contributed by atoms with Crippen LogP contribution in [0, 0.1) is 73.6 Å². The number of hydrogen-bond acceptors (Lipinski definition) is 3. The molecule has 12 aromatic rings. The number of imidazole rings is 2. The van der Waals surface area contributed by atoms with Gasteiger partial charge in [0.05, 0.1) is 11.3 Å². The molecule has 0 aliphatic rings. The monoisotopic (exact) mass is 1150 g/mol. The van der Waals surface area contributed by atoms with Crippen LogP contribution < -0.4 is 0 Å². The third-order valence-corrected chi connectivity index (χ3v) is 15.9. The molecule has 12 rings (SSSR count). The molecular formula is C69H58IrN5. The molecule has 0 amide bonds. The van der Waals surface area contributed by atoms with Gasteiger partial charge in [0.1, 0.15) is 0 Å². The maximum atomic E-state index is 4.98. The van der Waals surface area contributed by atoms with Gasteiger partial charge in [0.15, 0.2) is 0 Å². The van der Waals surface area contributed by atoms with Crippen molar-refractivity contribution in [2.45, 2.75) is 81.1 Å². The Labute approximate surface area is 454 Å². The molecule has 6 heteroatoms. The van der Waals surface area contributed by atoms with E-state index in [4.69, 9.17) is 15.0 Å². The third kappa shape index (κ3) is 9.11. The van der Waals surface area contributed by atoms with E-state index < -0.39 is 0 Å². The van der Waals surface area contributed by atoms with Crippen molar-refractivity contribution < 1.29 is 20.1 Å². The van der Waals surface area contributed by atoms with E-state index in [0.717, 1.165) is 87.1 Å². The zero-order valence-corrected chi connectivity index (χ0v) is 46.3. The van der Waals surface area contributed by atoms with Gasteiger partial charge in [-0.05, 0) is 124 Å². The van der Waals surface area contributed by atoms with Crippen LogP contribution >= 0.6 is 0 Å². The van der Waals surface area contributed by atoms with Crippen LogP contribution in [-0.4, -0.2) is 23.8 Å². The fourth-order valence-electron chi connectivity index (χ4n) is 11.2. The fraction of sp³-hybridized carbons (Fsp3) is 0.174. The average Bonchev–Trinajstić information content (AvgIpc) is 3.93. The fourth-order valence-corrected chi connectivity index (χ4v) is 11.2. The molecule has 0 spiro atoms. The summed E-state index contributed by atoms with van der Waals surface area (Å²) < 4.78 is 4.59. The first-order valence-corrected chi connectivity index (χ1v) is 25.9. The number of aromatic nitrogens is 5. The van der Waals surface area contributed by atoms with Crippen molar-refractivity contribution in [3.8, 4) is 55.8 Å². The smallest absolute Gasteiger partial charge is 0.342 e. The standard InChI is InChI=1S/C69H58N5.Ir/c1-42-46(5)73-48(7)44(3)71-68(73)63-32-22-50(39-65(42)63)18-20-52-36-53(21-19-51-23-33-64-66(40-51)43(2)47(6)74-49(8)45(4)72-69(64)74)38-60(37-52)62-17-13-12-16-61(62)57-28-30-58(31-29-57)67-41-59(34-35-70-67)56-26-24-55(25-27-56)54-14-10-9-11-15-54;/h9-17,22-30,34-41H,18-21H2,1-8H3;/q-3;+3. The second-order valence-electron chi connectivity index (χ2n) is 20.3. The minimum atomic E-state index is 0. The molecule has 0 fully saturated rings. The largest absolute Gasteiger partial charge is 3.00 e. The molecule has 5 heterocycles. The summed E-state index contributed by atoms with van der Waals surface area (Å²) in [6.07, 6.45) is 5.50. The van der Waals surface area contributed by atoms with Crippen molar-refractivity contribution in [1.82, 2.24) is 23.8 Å². The van der Waals surface area contributed by atoms with Crippen LogP contribution in [0.1, 0.15) is 67.5 Å². The zero-order chi connectivity index (χ0) is 50.8. The van der Waals surface area contributed by atoms with E-state index >= 15 is 0 Å². The number of fused-ring (bicyclic) bond motifs is 6. The number of benzene rings is 7. The van der Waals surface area contributed by atoms with Crippen molar-refractivity contribution in [1.29, 1.82) is 0 Å². The van der Waals surface area contributed by atoms with E-state index in [-0.39, 0.29) is 20.1 Å². The first-order valence-electron chi connectivity index (χ1n) is 25.9. The summed E-state index contributed by atoms with van der Waals surface area (Å²) in [7, 11) is 0. The number of aryl methyl sites for hydroxylation is 12. The van der Waals surface area contributed by atoms with E-state index in [1.54, 1.807) is 0 Å². The number of rotatable bonds is 11. The molecule has 0 atom stereocenters. The predicted molar refractivity (Wildman–Crippen MR) is 306 cm³/mol. The minimum Gasteiger partial charge on any atom is -0.342 e. The Morgan fingerprint density at radius 2 is 0.880 bits per heavy atom. The molecule has 0 aliphatic carbocycles. The van der Waals surface area contributed by atoms with Gasteiger partial charge in [-0.3, -0.25) is 9.97 Å². The molecule has 75 heavy (non-hydrogen) atoms. The molecule has 5 nitrogen and oxygen atoms in total. The van der Waals surface area contributed by atoms with Crippen molar-refractivity contribution in [3.63, 3.8) is 0 Å². The maximum Gasteiger partial charge on any atom is 3.00 e. The molecule has 368 valence electrons. The normalized spacial score (nSPS) is 11.6. The Hall–Kier alpha value is -7.76. The van der Waals surface area contributed by atoms with Crippen molar-refractivity contribution >= 4 is 32.8 Å². The van der Waals surface area contributed by atoms with Crippen LogP contribution in [0.25, 0.3) is 88.6 Å². The molecule has 0 N–H and O–H groups in total. The molecule has 0 saturated carbocycles. The molecule has 5 aromatic heterocycles. The minimum absolute atomic E-state index is 0. The Bertz CT molecular complexity index is 3980. The van der Waals surface area contributed by atoms with Crippen LogP contribution in [0.4, 0.5) is 0 Å². The number of hydrogen-bond donors (Lipinski definition) is 0. The number of pyridine rings is 3. The van der Waals surface area contributed by atoms with E-state index in [2.05, 4.69) is 234 Å². The van der Waals surface area contributed by atoms with Crippen LogP contribution in [-0.2, 0) is 45.8 Å². The SMILES string of the molecule is Cc1nc2c3[c-]cc(CCc4cc(CCc5c[c-]c6c(c5)c(C)c(C)n5c(C)c(C)nc65)cc(-c5ccccc5-c5c[c-]c(-c6cc(-c7ccc(-c8ccccc8)cc7)ccn6)cc5)c4)cc3c(C)c(C)n2c1C.[Ir+3]. The molecule has 0 unspecified atom stereocenters. The average molecular weight is 1150 g/mol. The predicted octanol–water partition coefficient (Wildman–Crippen LogP) is 16.5. The molecule has 0 radical (unpaired) electrons. The van der Waals surface area contributed by atoms with Crippen LogP contribution in [0.2, 0.25) is 0 Å². The maximum absolute atomic E-state index is 4.98. The Morgan fingerprint density at radius 1 is 0.400 bits per heavy atom. The molecule has 7 aromatic carbocycles. The van der Waals surface area contributed by atoms with E-state index in [9.17, 15) is 0 Å². The van der Waals surface area contributed by atoms with Crippen LogP contribution in [0.3, 0.4) is 0 Å². The molecular weight excluding hydrogens is 1090 g/mol. The zero-order valence-electron chi connectivity index (χ0n) is 43.9. The van der Waals surface area contributed by atoms with Gasteiger partial charge in [-0.15, -0.1) is 98.9 Å². The van der Waals surface area contributed by atoms with Gasteiger partial charge in [-0.1, -0.05) is 138 Å². The summed E-state index contributed by atoms with van der Waals surface area (Å²) in [5.74, 6) is 0. The molecule has 0 bridgehead atoms. The second-order valence-corrected chi connectivity index (χ2v) is 20.3. The third-order valence-electron chi connectivity index (χ3n) is 15.9. The summed E-state index contributed by atoms with van der Waals surface area (Å²) in [6.45, 7) is 17.4. The summed E-state index contributed by atoms with van der Waals surface area (Å²) in [5.41, 5.74) is 28.0. The van der Waals surface area contributed by atoms with Gasteiger partial charge in [0.2, 0.25) is 0 Å². The van der Waals surface area contributed by atoms with Gasteiger partial charge in [-0.2, -0.15) is 0 Å². The van der Waals surface area contributed by atoms with Gasteiger partial charge in [0, 0.05) is 40.4 Å². The van der Waals surface area contributed by atoms with Gasteiger partial charge < -0.3 is 13.8 Å². The van der Waals surface area contributed by atoms with Crippen molar-refractivity contribution in [2.24, 2.45) is 0 Å². The Kier molecular flexibility index (Phi) is 13.3. The number of nitrogens with zero attached hydrogens (tertiary/aromatic N) is 5. The van der Waals surface area contributed by atoms with Crippen molar-refractivity contribution in [3.05, 3.63) is 244 Å². The van der Waals surface area contributed by atoms with Gasteiger partial charge in [-0.25, -0.2) is 0 Å². The van der Waals surface area contributed by atoms with Gasteiger partial charge >= 0.3 is 20.1 Å². The Morgan fingerprint density at radius 3 is 1.41 bits per heavy atom.